The number of anilines is 2. The summed E-state index contributed by atoms with van der Waals surface area (Å²) in [6.45, 7) is 1.95. The Bertz CT molecular complexity index is 849. The number of rotatable bonds is 7. The zero-order valence-electron chi connectivity index (χ0n) is 15.0. The molecule has 2 aromatic rings. The molecule has 7 heteroatoms. The van der Waals surface area contributed by atoms with Crippen LogP contribution in [0.2, 0.25) is 0 Å². The predicted molar refractivity (Wildman–Crippen MR) is 116 cm³/mol. The molecule has 0 aromatic heterocycles. The van der Waals surface area contributed by atoms with E-state index in [1.165, 1.54) is 6.08 Å². The van der Waals surface area contributed by atoms with E-state index in [1.807, 2.05) is 19.1 Å². The predicted octanol–water partition coefficient (Wildman–Crippen LogP) is 5.61. The van der Waals surface area contributed by atoms with Crippen molar-refractivity contribution < 1.29 is 14.3 Å². The molecule has 2 rings (SSSR count). The topological polar surface area (TPSA) is 67.4 Å². The Morgan fingerprint density at radius 3 is 2.30 bits per heavy atom. The first kappa shape index (κ1) is 21.2. The standard InChI is InChI=1S/C20H20Br2N2O3/c1-3-4-18(25)23-15-6-8-16(9-7-15)24-19(26)10-5-13-11-14(21)12-17(22)20(13)27-2/h5-12H,3-4H2,1-2H3,(H,23,25)(H,24,26)/b10-5+. The minimum Gasteiger partial charge on any atom is -0.495 e. The van der Waals surface area contributed by atoms with Crippen molar-refractivity contribution in [1.82, 2.24) is 0 Å². The van der Waals surface area contributed by atoms with E-state index in [0.717, 1.165) is 20.9 Å². The largest absolute Gasteiger partial charge is 0.495 e. The van der Waals surface area contributed by atoms with E-state index in [1.54, 1.807) is 37.5 Å². The molecule has 0 aliphatic carbocycles. The van der Waals surface area contributed by atoms with Gasteiger partial charge in [0.05, 0.1) is 11.6 Å². The van der Waals surface area contributed by atoms with Gasteiger partial charge in [-0.3, -0.25) is 9.59 Å². The molecule has 142 valence electrons. The molecular weight excluding hydrogens is 476 g/mol. The third kappa shape index (κ3) is 6.52. The highest BCUT2D eigenvalue weighted by molar-refractivity contribution is 9.11. The van der Waals surface area contributed by atoms with Crippen molar-refractivity contribution in [3.63, 3.8) is 0 Å². The van der Waals surface area contributed by atoms with Crippen LogP contribution in [0.1, 0.15) is 25.3 Å². The summed E-state index contributed by atoms with van der Waals surface area (Å²) in [5.74, 6) is 0.358. The Balaban J connectivity index is 2.02. The van der Waals surface area contributed by atoms with Gasteiger partial charge in [0.1, 0.15) is 5.75 Å². The van der Waals surface area contributed by atoms with Gasteiger partial charge in [0.25, 0.3) is 0 Å². The van der Waals surface area contributed by atoms with Crippen molar-refractivity contribution in [2.24, 2.45) is 0 Å². The minimum absolute atomic E-state index is 0.0219. The lowest BCUT2D eigenvalue weighted by molar-refractivity contribution is -0.116. The molecule has 0 aliphatic rings. The zero-order chi connectivity index (χ0) is 19.8. The Labute approximate surface area is 175 Å². The molecule has 0 fully saturated rings. The number of amides is 2. The SMILES string of the molecule is CCCC(=O)Nc1ccc(NC(=O)/C=C/c2cc(Br)cc(Br)c2OC)cc1. The molecule has 0 heterocycles. The monoisotopic (exact) mass is 494 g/mol. The minimum atomic E-state index is -0.268. The van der Waals surface area contributed by atoms with Crippen LogP contribution in [0.3, 0.4) is 0 Å². The van der Waals surface area contributed by atoms with Crippen LogP contribution in [0.4, 0.5) is 11.4 Å². The molecule has 0 atom stereocenters. The third-order valence-electron chi connectivity index (χ3n) is 3.57. The van der Waals surface area contributed by atoms with Gasteiger partial charge >= 0.3 is 0 Å². The molecule has 2 N–H and O–H groups in total. The number of carbonyl (C=O) groups is 2. The van der Waals surface area contributed by atoms with Crippen molar-refractivity contribution in [2.75, 3.05) is 17.7 Å². The van der Waals surface area contributed by atoms with E-state index >= 15 is 0 Å². The Hall–Kier alpha value is -2.12. The average Bonchev–Trinajstić information content (AvgIpc) is 2.61. The van der Waals surface area contributed by atoms with Gasteiger partial charge < -0.3 is 15.4 Å². The van der Waals surface area contributed by atoms with Crippen LogP contribution in [0.5, 0.6) is 5.75 Å². The van der Waals surface area contributed by atoms with Crippen molar-refractivity contribution in [3.8, 4) is 5.75 Å². The second-order valence-corrected chi connectivity index (χ2v) is 7.48. The molecule has 5 nitrogen and oxygen atoms in total. The van der Waals surface area contributed by atoms with Gasteiger partial charge in [-0.1, -0.05) is 22.9 Å². The summed E-state index contributed by atoms with van der Waals surface area (Å²) in [5.41, 5.74) is 2.11. The Kier molecular flexibility index (Phi) is 8.06. The van der Waals surface area contributed by atoms with Gasteiger partial charge in [-0.15, -0.1) is 0 Å². The molecule has 27 heavy (non-hydrogen) atoms. The third-order valence-corrected chi connectivity index (χ3v) is 4.62. The Morgan fingerprint density at radius 1 is 1.07 bits per heavy atom. The molecule has 0 spiro atoms. The van der Waals surface area contributed by atoms with Crippen LogP contribution in [-0.2, 0) is 9.59 Å². The van der Waals surface area contributed by atoms with E-state index in [4.69, 9.17) is 4.74 Å². The summed E-state index contributed by atoms with van der Waals surface area (Å²) in [5, 5.41) is 5.59. The van der Waals surface area contributed by atoms with Crippen molar-refractivity contribution >= 4 is 61.1 Å². The van der Waals surface area contributed by atoms with Crippen LogP contribution in [0, 0.1) is 0 Å². The molecular formula is C20H20Br2N2O3. The maximum absolute atomic E-state index is 12.2. The second kappa shape index (κ2) is 10.3. The first-order chi connectivity index (χ1) is 12.9. The summed E-state index contributed by atoms with van der Waals surface area (Å²) in [7, 11) is 1.58. The van der Waals surface area contributed by atoms with Crippen LogP contribution >= 0.6 is 31.9 Å². The fourth-order valence-corrected chi connectivity index (χ4v) is 3.78. The molecule has 0 aliphatic heterocycles. The van der Waals surface area contributed by atoms with Crippen LogP contribution < -0.4 is 15.4 Å². The van der Waals surface area contributed by atoms with E-state index < -0.39 is 0 Å². The lowest BCUT2D eigenvalue weighted by atomic mass is 10.2. The lowest BCUT2D eigenvalue weighted by Gasteiger charge is -2.08. The number of carbonyl (C=O) groups excluding carboxylic acids is 2. The van der Waals surface area contributed by atoms with Crippen molar-refractivity contribution in [2.45, 2.75) is 19.8 Å². The first-order valence-corrected chi connectivity index (χ1v) is 9.93. The Morgan fingerprint density at radius 2 is 1.70 bits per heavy atom. The van der Waals surface area contributed by atoms with E-state index in [0.29, 0.717) is 23.5 Å². The van der Waals surface area contributed by atoms with Gasteiger partial charge in [-0.25, -0.2) is 0 Å². The summed E-state index contributed by atoms with van der Waals surface area (Å²) < 4.78 is 7.02. The maximum Gasteiger partial charge on any atom is 0.248 e. The lowest BCUT2D eigenvalue weighted by Crippen LogP contribution is -2.11. The number of benzene rings is 2. The van der Waals surface area contributed by atoms with Gasteiger partial charge in [0.2, 0.25) is 11.8 Å². The number of ether oxygens (including phenoxy) is 1. The highest BCUT2D eigenvalue weighted by atomic mass is 79.9. The van der Waals surface area contributed by atoms with Gasteiger partial charge in [-0.05, 0) is 64.8 Å². The highest BCUT2D eigenvalue weighted by Crippen LogP contribution is 2.33. The molecule has 0 radical (unpaired) electrons. The van der Waals surface area contributed by atoms with Gasteiger partial charge in [-0.2, -0.15) is 0 Å². The normalized spacial score (nSPS) is 10.7. The van der Waals surface area contributed by atoms with Gasteiger partial charge in [0, 0.05) is 33.9 Å². The van der Waals surface area contributed by atoms with E-state index in [9.17, 15) is 9.59 Å². The molecule has 2 amide bonds. The van der Waals surface area contributed by atoms with Crippen LogP contribution in [-0.4, -0.2) is 18.9 Å². The van der Waals surface area contributed by atoms with Crippen molar-refractivity contribution in [1.29, 1.82) is 0 Å². The summed E-state index contributed by atoms with van der Waals surface area (Å²) >= 11 is 6.85. The number of hydrogen-bond acceptors (Lipinski definition) is 3. The summed E-state index contributed by atoms with van der Waals surface area (Å²) in [4.78, 5) is 23.8. The first-order valence-electron chi connectivity index (χ1n) is 8.35. The highest BCUT2D eigenvalue weighted by Gasteiger charge is 2.08. The number of hydrogen-bond donors (Lipinski definition) is 2. The average molecular weight is 496 g/mol. The van der Waals surface area contributed by atoms with E-state index in [2.05, 4.69) is 42.5 Å². The van der Waals surface area contributed by atoms with Crippen LogP contribution in [0.15, 0.2) is 51.4 Å². The fourth-order valence-electron chi connectivity index (χ4n) is 2.36. The fraction of sp³-hybridized carbons (Fsp3) is 0.200. The number of halogens is 2. The maximum atomic E-state index is 12.2. The van der Waals surface area contributed by atoms with Crippen molar-refractivity contribution in [3.05, 3.63) is 57.0 Å². The summed E-state index contributed by atoms with van der Waals surface area (Å²) in [6.07, 6.45) is 4.40. The quantitative estimate of drug-likeness (QED) is 0.490. The number of methoxy groups -OCH3 is 1. The van der Waals surface area contributed by atoms with Crippen LogP contribution in [0.25, 0.3) is 6.08 Å². The number of nitrogens with one attached hydrogen (secondary N) is 2. The molecule has 2 aromatic carbocycles. The molecule has 0 unspecified atom stereocenters. The van der Waals surface area contributed by atoms with E-state index in [-0.39, 0.29) is 11.8 Å². The molecule has 0 saturated carbocycles. The molecule has 0 bridgehead atoms. The zero-order valence-corrected chi connectivity index (χ0v) is 18.2. The summed E-state index contributed by atoms with van der Waals surface area (Å²) in [6, 6.07) is 10.7. The molecule has 0 saturated heterocycles. The second-order valence-electron chi connectivity index (χ2n) is 5.71. The smallest absolute Gasteiger partial charge is 0.248 e. The van der Waals surface area contributed by atoms with Gasteiger partial charge in [0.15, 0.2) is 0 Å².